The van der Waals surface area contributed by atoms with E-state index in [2.05, 4.69) is 0 Å². The van der Waals surface area contributed by atoms with Gasteiger partial charge < -0.3 is 5.11 Å². The van der Waals surface area contributed by atoms with Crippen LogP contribution in [0.2, 0.25) is 0 Å². The average Bonchev–Trinajstić information content (AvgIpc) is 2.16. The summed E-state index contributed by atoms with van der Waals surface area (Å²) in [4.78, 5) is 11.1. The third-order valence-corrected chi connectivity index (χ3v) is 2.09. The third-order valence-electron chi connectivity index (χ3n) is 2.09. The highest BCUT2D eigenvalue weighted by Crippen LogP contribution is 2.13. The summed E-state index contributed by atoms with van der Waals surface area (Å²) in [5, 5.41) is 8.64. The quantitative estimate of drug-likeness (QED) is 0.742. The molecule has 0 saturated carbocycles. The van der Waals surface area contributed by atoms with Crippen molar-refractivity contribution in [1.29, 1.82) is 0 Å². The number of hydrogen-bond donors (Lipinski definition) is 1. The number of aliphatic hydroxyl groups is 1. The molecule has 0 amide bonds. The first kappa shape index (κ1) is 10.7. The van der Waals surface area contributed by atoms with E-state index in [0.29, 0.717) is 5.56 Å². The van der Waals surface area contributed by atoms with E-state index in [1.807, 2.05) is 31.2 Å². The number of hydrogen-bond acceptors (Lipinski definition) is 2. The highest BCUT2D eigenvalue weighted by Gasteiger charge is 2.01. The van der Waals surface area contributed by atoms with Gasteiger partial charge in [-0.15, -0.1) is 0 Å². The Balaban J connectivity index is 3.08. The molecular weight excluding hydrogens is 176 g/mol. The number of ketones is 1. The molecule has 0 spiro atoms. The summed E-state index contributed by atoms with van der Waals surface area (Å²) in [5.74, 6) is 0.0589. The van der Waals surface area contributed by atoms with Crippen LogP contribution in [-0.4, -0.2) is 17.5 Å². The lowest BCUT2D eigenvalue weighted by Crippen LogP contribution is -1.93. The molecule has 0 bridgehead atoms. The highest BCUT2D eigenvalue weighted by molar-refractivity contribution is 5.94. The SMILES string of the molecule is CC(=O)c1ccc(C)c(C=CCO)c1. The molecule has 1 rings (SSSR count). The lowest BCUT2D eigenvalue weighted by Gasteiger charge is -2.02. The van der Waals surface area contributed by atoms with Gasteiger partial charge in [0.2, 0.25) is 0 Å². The second kappa shape index (κ2) is 4.72. The van der Waals surface area contributed by atoms with Crippen molar-refractivity contribution in [3.8, 4) is 0 Å². The molecule has 0 unspecified atom stereocenters. The van der Waals surface area contributed by atoms with Crippen LogP contribution in [0.5, 0.6) is 0 Å². The van der Waals surface area contributed by atoms with Gasteiger partial charge >= 0.3 is 0 Å². The predicted octanol–water partition coefficient (Wildman–Crippen LogP) is 2.20. The van der Waals surface area contributed by atoms with Gasteiger partial charge in [0.25, 0.3) is 0 Å². The maximum Gasteiger partial charge on any atom is 0.159 e. The maximum absolute atomic E-state index is 11.1. The number of rotatable bonds is 3. The number of carbonyl (C=O) groups is 1. The third kappa shape index (κ3) is 2.54. The molecule has 1 aromatic carbocycles. The molecule has 0 heterocycles. The van der Waals surface area contributed by atoms with Crippen molar-refractivity contribution in [2.75, 3.05) is 6.61 Å². The molecule has 2 nitrogen and oxygen atoms in total. The second-order valence-corrected chi connectivity index (χ2v) is 3.21. The fraction of sp³-hybridized carbons (Fsp3) is 0.250. The first-order valence-electron chi connectivity index (χ1n) is 4.54. The van der Waals surface area contributed by atoms with Crippen molar-refractivity contribution in [2.45, 2.75) is 13.8 Å². The number of aliphatic hydroxyl groups excluding tert-OH is 1. The summed E-state index contributed by atoms with van der Waals surface area (Å²) in [7, 11) is 0. The van der Waals surface area contributed by atoms with E-state index < -0.39 is 0 Å². The zero-order valence-corrected chi connectivity index (χ0v) is 8.45. The van der Waals surface area contributed by atoms with Crippen molar-refractivity contribution in [2.24, 2.45) is 0 Å². The summed E-state index contributed by atoms with van der Waals surface area (Å²) in [5.41, 5.74) is 2.78. The summed E-state index contributed by atoms with van der Waals surface area (Å²) >= 11 is 0. The second-order valence-electron chi connectivity index (χ2n) is 3.21. The van der Waals surface area contributed by atoms with Crippen molar-refractivity contribution in [3.63, 3.8) is 0 Å². The van der Waals surface area contributed by atoms with Crippen LogP contribution in [0.15, 0.2) is 24.3 Å². The molecule has 0 aromatic heterocycles. The van der Waals surface area contributed by atoms with E-state index in [1.165, 1.54) is 0 Å². The minimum absolute atomic E-state index is 0.0176. The van der Waals surface area contributed by atoms with Gasteiger partial charge in [-0.1, -0.05) is 24.3 Å². The van der Waals surface area contributed by atoms with Gasteiger partial charge in [-0.05, 0) is 31.0 Å². The largest absolute Gasteiger partial charge is 0.392 e. The first-order valence-corrected chi connectivity index (χ1v) is 4.54. The van der Waals surface area contributed by atoms with Crippen molar-refractivity contribution in [3.05, 3.63) is 41.0 Å². The van der Waals surface area contributed by atoms with Gasteiger partial charge in [-0.2, -0.15) is 0 Å². The fourth-order valence-corrected chi connectivity index (χ4v) is 1.22. The van der Waals surface area contributed by atoms with E-state index in [0.717, 1.165) is 11.1 Å². The van der Waals surface area contributed by atoms with Crippen LogP contribution in [-0.2, 0) is 0 Å². The Hall–Kier alpha value is -1.41. The van der Waals surface area contributed by atoms with Gasteiger partial charge in [0, 0.05) is 5.56 Å². The van der Waals surface area contributed by atoms with Crippen LogP contribution >= 0.6 is 0 Å². The minimum atomic E-state index is 0.0176. The monoisotopic (exact) mass is 190 g/mol. The zero-order valence-electron chi connectivity index (χ0n) is 8.45. The summed E-state index contributed by atoms with van der Waals surface area (Å²) in [6, 6.07) is 5.56. The molecule has 0 radical (unpaired) electrons. The molecule has 14 heavy (non-hydrogen) atoms. The van der Waals surface area contributed by atoms with Crippen LogP contribution in [0.4, 0.5) is 0 Å². The molecule has 0 fully saturated rings. The van der Waals surface area contributed by atoms with E-state index in [9.17, 15) is 4.79 Å². The Labute approximate surface area is 83.9 Å². The Bertz CT molecular complexity index is 365. The van der Waals surface area contributed by atoms with Gasteiger partial charge in [0.15, 0.2) is 5.78 Å². The van der Waals surface area contributed by atoms with Crippen molar-refractivity contribution >= 4 is 11.9 Å². The Morgan fingerprint density at radius 1 is 1.50 bits per heavy atom. The lowest BCUT2D eigenvalue weighted by atomic mass is 10.0. The van der Waals surface area contributed by atoms with Gasteiger partial charge in [-0.3, -0.25) is 4.79 Å². The molecule has 0 saturated heterocycles. The van der Waals surface area contributed by atoms with Crippen LogP contribution in [0, 0.1) is 6.92 Å². The standard InChI is InChI=1S/C12H14O2/c1-9-5-6-12(10(2)14)8-11(9)4-3-7-13/h3-6,8,13H,7H2,1-2H3. The topological polar surface area (TPSA) is 37.3 Å². The number of aryl methyl sites for hydroxylation is 1. The molecule has 2 heteroatoms. The number of carbonyl (C=O) groups excluding carboxylic acids is 1. The minimum Gasteiger partial charge on any atom is -0.392 e. The fourth-order valence-electron chi connectivity index (χ4n) is 1.22. The molecule has 0 atom stereocenters. The van der Waals surface area contributed by atoms with Crippen molar-refractivity contribution < 1.29 is 9.90 Å². The molecule has 0 aliphatic rings. The molecule has 0 aliphatic carbocycles. The lowest BCUT2D eigenvalue weighted by molar-refractivity contribution is 0.101. The molecule has 1 aromatic rings. The Morgan fingerprint density at radius 3 is 2.79 bits per heavy atom. The van der Waals surface area contributed by atoms with Crippen LogP contribution in [0.25, 0.3) is 6.08 Å². The maximum atomic E-state index is 11.1. The smallest absolute Gasteiger partial charge is 0.159 e. The molecule has 74 valence electrons. The number of Topliss-reactive ketones (excluding diaryl/α,β-unsaturated/α-hetero) is 1. The Kier molecular flexibility index (Phi) is 3.60. The van der Waals surface area contributed by atoms with Gasteiger partial charge in [0.1, 0.15) is 0 Å². The van der Waals surface area contributed by atoms with Crippen LogP contribution in [0.3, 0.4) is 0 Å². The number of benzene rings is 1. The zero-order chi connectivity index (χ0) is 10.6. The van der Waals surface area contributed by atoms with E-state index in [4.69, 9.17) is 5.11 Å². The van der Waals surface area contributed by atoms with E-state index in [1.54, 1.807) is 13.0 Å². The van der Waals surface area contributed by atoms with Crippen LogP contribution < -0.4 is 0 Å². The molecular formula is C12H14O2. The molecule has 1 N–H and O–H groups in total. The Morgan fingerprint density at radius 2 is 2.21 bits per heavy atom. The summed E-state index contributed by atoms with van der Waals surface area (Å²) < 4.78 is 0. The highest BCUT2D eigenvalue weighted by atomic mass is 16.2. The first-order chi connectivity index (χ1) is 6.65. The van der Waals surface area contributed by atoms with E-state index >= 15 is 0 Å². The van der Waals surface area contributed by atoms with Crippen LogP contribution in [0.1, 0.15) is 28.4 Å². The predicted molar refractivity (Wildman–Crippen MR) is 57.3 cm³/mol. The molecule has 0 aliphatic heterocycles. The summed E-state index contributed by atoms with van der Waals surface area (Å²) in [6.07, 6.45) is 3.48. The normalized spacial score (nSPS) is 10.8. The van der Waals surface area contributed by atoms with Gasteiger partial charge in [0.05, 0.1) is 6.61 Å². The van der Waals surface area contributed by atoms with Crippen molar-refractivity contribution in [1.82, 2.24) is 0 Å². The van der Waals surface area contributed by atoms with Gasteiger partial charge in [-0.25, -0.2) is 0 Å². The summed E-state index contributed by atoms with van der Waals surface area (Å²) in [6.45, 7) is 3.54. The van der Waals surface area contributed by atoms with E-state index in [-0.39, 0.29) is 12.4 Å². The average molecular weight is 190 g/mol.